The summed E-state index contributed by atoms with van der Waals surface area (Å²) in [6.45, 7) is 4.34. The molecule has 0 unspecified atom stereocenters. The number of nitrogens with one attached hydrogen (secondary N) is 1. The molecule has 0 bridgehead atoms. The highest BCUT2D eigenvalue weighted by atomic mass is 79.9. The number of ether oxygens (including phenoxy) is 1. The van der Waals surface area contributed by atoms with Gasteiger partial charge >= 0.3 is 6.09 Å². The SMILES string of the molecule is CC(C)COC(=O)Nc1ccc(Br)cc1N. The summed E-state index contributed by atoms with van der Waals surface area (Å²) >= 11 is 3.29. The Morgan fingerprint density at radius 1 is 1.56 bits per heavy atom. The molecule has 1 amide bonds. The second kappa shape index (κ2) is 5.75. The van der Waals surface area contributed by atoms with E-state index in [4.69, 9.17) is 10.5 Å². The minimum Gasteiger partial charge on any atom is -0.449 e. The molecule has 88 valence electrons. The van der Waals surface area contributed by atoms with Gasteiger partial charge in [-0.2, -0.15) is 0 Å². The molecule has 0 aliphatic heterocycles. The summed E-state index contributed by atoms with van der Waals surface area (Å²) in [6, 6.07) is 5.24. The average molecular weight is 287 g/mol. The summed E-state index contributed by atoms with van der Waals surface area (Å²) in [6.07, 6.45) is -0.484. The lowest BCUT2D eigenvalue weighted by Gasteiger charge is -2.10. The molecule has 0 saturated carbocycles. The Morgan fingerprint density at radius 3 is 2.81 bits per heavy atom. The number of hydrogen-bond acceptors (Lipinski definition) is 3. The van der Waals surface area contributed by atoms with E-state index in [0.717, 1.165) is 4.47 Å². The lowest BCUT2D eigenvalue weighted by Crippen LogP contribution is -2.17. The third kappa shape index (κ3) is 4.10. The van der Waals surface area contributed by atoms with Crippen LogP contribution < -0.4 is 11.1 Å². The predicted molar refractivity (Wildman–Crippen MR) is 68.4 cm³/mol. The first-order chi connectivity index (χ1) is 7.49. The molecule has 4 nitrogen and oxygen atoms in total. The Hall–Kier alpha value is -1.23. The Bertz CT molecular complexity index is 380. The van der Waals surface area contributed by atoms with Crippen molar-refractivity contribution in [2.75, 3.05) is 17.7 Å². The van der Waals surface area contributed by atoms with Gasteiger partial charge in [0.25, 0.3) is 0 Å². The molecule has 0 heterocycles. The maximum atomic E-state index is 11.4. The molecule has 5 heteroatoms. The number of benzene rings is 1. The maximum Gasteiger partial charge on any atom is 0.411 e. The molecule has 1 aromatic rings. The molecule has 16 heavy (non-hydrogen) atoms. The van der Waals surface area contributed by atoms with E-state index in [1.165, 1.54) is 0 Å². The van der Waals surface area contributed by atoms with Crippen LogP contribution in [0.15, 0.2) is 22.7 Å². The Morgan fingerprint density at radius 2 is 2.25 bits per heavy atom. The van der Waals surface area contributed by atoms with Gasteiger partial charge in [0.2, 0.25) is 0 Å². The third-order valence-electron chi connectivity index (χ3n) is 1.80. The van der Waals surface area contributed by atoms with Crippen LogP contribution in [0.4, 0.5) is 16.2 Å². The number of nitrogens with two attached hydrogens (primary N) is 1. The number of hydrogen-bond donors (Lipinski definition) is 2. The minimum absolute atomic E-state index is 0.313. The van der Waals surface area contributed by atoms with E-state index in [-0.39, 0.29) is 0 Å². The zero-order valence-corrected chi connectivity index (χ0v) is 10.9. The largest absolute Gasteiger partial charge is 0.449 e. The van der Waals surface area contributed by atoms with E-state index in [9.17, 15) is 4.79 Å². The van der Waals surface area contributed by atoms with Crippen LogP contribution in [0.25, 0.3) is 0 Å². The van der Waals surface area contributed by atoms with E-state index in [2.05, 4.69) is 21.2 Å². The fourth-order valence-corrected chi connectivity index (χ4v) is 1.41. The van der Waals surface area contributed by atoms with Crippen LogP contribution in [-0.2, 0) is 4.74 Å². The van der Waals surface area contributed by atoms with Crippen molar-refractivity contribution in [2.45, 2.75) is 13.8 Å². The van der Waals surface area contributed by atoms with E-state index in [1.807, 2.05) is 13.8 Å². The van der Waals surface area contributed by atoms with Crippen LogP contribution in [0.2, 0.25) is 0 Å². The molecule has 0 spiro atoms. The van der Waals surface area contributed by atoms with Crippen molar-refractivity contribution in [3.05, 3.63) is 22.7 Å². The number of nitrogen functional groups attached to an aromatic ring is 1. The predicted octanol–water partition coefficient (Wildman–Crippen LogP) is 3.24. The van der Waals surface area contributed by atoms with Crippen LogP contribution in [0.3, 0.4) is 0 Å². The maximum absolute atomic E-state index is 11.4. The van der Waals surface area contributed by atoms with Crippen LogP contribution in [0.5, 0.6) is 0 Å². The normalized spacial score (nSPS) is 10.2. The monoisotopic (exact) mass is 286 g/mol. The van der Waals surface area contributed by atoms with Crippen molar-refractivity contribution < 1.29 is 9.53 Å². The van der Waals surface area contributed by atoms with Crippen molar-refractivity contribution in [3.8, 4) is 0 Å². The molecule has 1 rings (SSSR count). The summed E-state index contributed by atoms with van der Waals surface area (Å²) in [4.78, 5) is 11.4. The van der Waals surface area contributed by atoms with E-state index in [0.29, 0.717) is 23.9 Å². The summed E-state index contributed by atoms with van der Waals surface area (Å²) in [7, 11) is 0. The summed E-state index contributed by atoms with van der Waals surface area (Å²) in [5, 5.41) is 2.59. The molecule has 0 aromatic heterocycles. The Labute approximate surface area is 103 Å². The van der Waals surface area contributed by atoms with Gasteiger partial charge in [0.1, 0.15) is 0 Å². The molecular formula is C11H15BrN2O2. The number of rotatable bonds is 3. The molecule has 0 saturated heterocycles. The zero-order valence-electron chi connectivity index (χ0n) is 9.29. The molecule has 3 N–H and O–H groups in total. The molecule has 1 aromatic carbocycles. The van der Waals surface area contributed by atoms with Gasteiger partial charge in [-0.3, -0.25) is 5.32 Å². The van der Waals surface area contributed by atoms with Crippen LogP contribution in [0, 0.1) is 5.92 Å². The average Bonchev–Trinajstić information content (AvgIpc) is 2.19. The highest BCUT2D eigenvalue weighted by Crippen LogP contribution is 2.23. The Balaban J connectivity index is 2.56. The first-order valence-corrected chi connectivity index (χ1v) is 5.77. The van der Waals surface area contributed by atoms with Crippen molar-refractivity contribution in [2.24, 2.45) is 5.92 Å². The fraction of sp³-hybridized carbons (Fsp3) is 0.364. The van der Waals surface area contributed by atoms with Gasteiger partial charge in [0.05, 0.1) is 18.0 Å². The minimum atomic E-state index is -0.484. The zero-order chi connectivity index (χ0) is 12.1. The first-order valence-electron chi connectivity index (χ1n) is 4.98. The number of carbonyl (C=O) groups excluding carboxylic acids is 1. The van der Waals surface area contributed by atoms with Crippen molar-refractivity contribution in [1.29, 1.82) is 0 Å². The van der Waals surface area contributed by atoms with Gasteiger partial charge in [0, 0.05) is 4.47 Å². The summed E-state index contributed by atoms with van der Waals surface area (Å²) in [5.74, 6) is 0.313. The second-order valence-corrected chi connectivity index (χ2v) is 4.76. The standard InChI is InChI=1S/C11H15BrN2O2/c1-7(2)6-16-11(15)14-10-4-3-8(12)5-9(10)13/h3-5,7H,6,13H2,1-2H3,(H,14,15). The van der Waals surface area contributed by atoms with Crippen molar-refractivity contribution in [3.63, 3.8) is 0 Å². The Kier molecular flexibility index (Phi) is 4.61. The molecular weight excluding hydrogens is 272 g/mol. The summed E-state index contributed by atoms with van der Waals surface area (Å²) < 4.78 is 5.84. The quantitative estimate of drug-likeness (QED) is 0.839. The van der Waals surface area contributed by atoms with Gasteiger partial charge in [0.15, 0.2) is 0 Å². The highest BCUT2D eigenvalue weighted by molar-refractivity contribution is 9.10. The topological polar surface area (TPSA) is 64.3 Å². The number of halogens is 1. The van der Waals surface area contributed by atoms with Gasteiger partial charge in [-0.1, -0.05) is 29.8 Å². The van der Waals surface area contributed by atoms with Crippen LogP contribution in [-0.4, -0.2) is 12.7 Å². The molecule has 0 radical (unpaired) electrons. The highest BCUT2D eigenvalue weighted by Gasteiger charge is 2.07. The van der Waals surface area contributed by atoms with E-state index >= 15 is 0 Å². The van der Waals surface area contributed by atoms with Crippen LogP contribution in [0.1, 0.15) is 13.8 Å². The van der Waals surface area contributed by atoms with Crippen molar-refractivity contribution in [1.82, 2.24) is 0 Å². The lowest BCUT2D eigenvalue weighted by molar-refractivity contribution is 0.147. The summed E-state index contributed by atoms with van der Waals surface area (Å²) in [5.41, 5.74) is 6.77. The number of amides is 1. The molecule has 0 fully saturated rings. The van der Waals surface area contributed by atoms with E-state index < -0.39 is 6.09 Å². The van der Waals surface area contributed by atoms with Crippen molar-refractivity contribution >= 4 is 33.4 Å². The van der Waals surface area contributed by atoms with E-state index in [1.54, 1.807) is 18.2 Å². The van der Waals surface area contributed by atoms with Gasteiger partial charge in [-0.25, -0.2) is 4.79 Å². The third-order valence-corrected chi connectivity index (χ3v) is 2.29. The van der Waals surface area contributed by atoms with Crippen LogP contribution >= 0.6 is 15.9 Å². The number of anilines is 2. The molecule has 0 atom stereocenters. The second-order valence-electron chi connectivity index (χ2n) is 3.85. The fourth-order valence-electron chi connectivity index (χ4n) is 1.04. The van der Waals surface area contributed by atoms with Gasteiger partial charge in [-0.15, -0.1) is 0 Å². The molecule has 0 aliphatic carbocycles. The number of carbonyl (C=O) groups is 1. The molecule has 0 aliphatic rings. The van der Waals surface area contributed by atoms with Gasteiger partial charge < -0.3 is 10.5 Å². The lowest BCUT2D eigenvalue weighted by atomic mass is 10.2. The van der Waals surface area contributed by atoms with Gasteiger partial charge in [-0.05, 0) is 24.1 Å². The smallest absolute Gasteiger partial charge is 0.411 e. The first kappa shape index (κ1) is 12.8.